The summed E-state index contributed by atoms with van der Waals surface area (Å²) in [6, 6.07) is 13.2. The van der Waals surface area contributed by atoms with Crippen LogP contribution in [0.5, 0.6) is 0 Å². The molecule has 1 aromatic heterocycles. The van der Waals surface area contributed by atoms with Crippen molar-refractivity contribution in [2.75, 3.05) is 19.0 Å². The van der Waals surface area contributed by atoms with Crippen LogP contribution < -0.4 is 4.90 Å². The van der Waals surface area contributed by atoms with Crippen molar-refractivity contribution in [3.63, 3.8) is 0 Å². The SMILES string of the molecule is CN(C)c1ccc(C(=O)Cc2ccccn2)cc1. The number of rotatable bonds is 4. The maximum absolute atomic E-state index is 12.0. The summed E-state index contributed by atoms with van der Waals surface area (Å²) in [4.78, 5) is 18.2. The van der Waals surface area contributed by atoms with Gasteiger partial charge in [-0.25, -0.2) is 0 Å². The van der Waals surface area contributed by atoms with E-state index >= 15 is 0 Å². The summed E-state index contributed by atoms with van der Waals surface area (Å²) in [5.41, 5.74) is 2.62. The Morgan fingerprint density at radius 3 is 2.39 bits per heavy atom. The normalized spacial score (nSPS) is 10.1. The van der Waals surface area contributed by atoms with Crippen molar-refractivity contribution >= 4 is 11.5 Å². The van der Waals surface area contributed by atoms with Gasteiger partial charge in [0, 0.05) is 37.2 Å². The molecule has 0 spiro atoms. The van der Waals surface area contributed by atoms with Crippen LogP contribution in [-0.4, -0.2) is 24.9 Å². The molecule has 18 heavy (non-hydrogen) atoms. The molecule has 0 unspecified atom stereocenters. The predicted octanol–water partition coefficient (Wildman–Crippen LogP) is 2.57. The molecule has 1 aromatic carbocycles. The first-order chi connectivity index (χ1) is 8.66. The molecule has 3 nitrogen and oxygen atoms in total. The molecule has 0 N–H and O–H groups in total. The van der Waals surface area contributed by atoms with Gasteiger partial charge in [-0.2, -0.15) is 0 Å². The van der Waals surface area contributed by atoms with Crippen molar-refractivity contribution in [2.24, 2.45) is 0 Å². The number of aromatic nitrogens is 1. The van der Waals surface area contributed by atoms with Crippen LogP contribution in [-0.2, 0) is 6.42 Å². The molecule has 0 aliphatic heterocycles. The van der Waals surface area contributed by atoms with Gasteiger partial charge >= 0.3 is 0 Å². The number of carbonyl (C=O) groups is 1. The molecule has 0 fully saturated rings. The molecule has 92 valence electrons. The van der Waals surface area contributed by atoms with Gasteiger partial charge in [-0.05, 0) is 36.4 Å². The largest absolute Gasteiger partial charge is 0.378 e. The molecule has 0 saturated heterocycles. The molecule has 1 heterocycles. The van der Waals surface area contributed by atoms with Crippen LogP contribution >= 0.6 is 0 Å². The van der Waals surface area contributed by atoms with Crippen molar-refractivity contribution in [1.29, 1.82) is 0 Å². The van der Waals surface area contributed by atoms with E-state index in [0.717, 1.165) is 16.9 Å². The number of pyridine rings is 1. The Labute approximate surface area is 107 Å². The van der Waals surface area contributed by atoms with Gasteiger partial charge in [-0.1, -0.05) is 6.07 Å². The highest BCUT2D eigenvalue weighted by molar-refractivity contribution is 5.97. The van der Waals surface area contributed by atoms with Crippen LogP contribution in [0.2, 0.25) is 0 Å². The van der Waals surface area contributed by atoms with Crippen molar-refractivity contribution in [3.05, 3.63) is 59.9 Å². The van der Waals surface area contributed by atoms with E-state index < -0.39 is 0 Å². The summed E-state index contributed by atoms with van der Waals surface area (Å²) in [6.07, 6.45) is 2.06. The maximum Gasteiger partial charge on any atom is 0.168 e. The van der Waals surface area contributed by atoms with Gasteiger partial charge in [0.25, 0.3) is 0 Å². The number of nitrogens with zero attached hydrogens (tertiary/aromatic N) is 2. The van der Waals surface area contributed by atoms with Gasteiger partial charge in [-0.15, -0.1) is 0 Å². The third-order valence-corrected chi connectivity index (χ3v) is 2.77. The number of ketones is 1. The molecule has 0 aliphatic rings. The molecule has 0 atom stereocenters. The fraction of sp³-hybridized carbons (Fsp3) is 0.200. The summed E-state index contributed by atoms with van der Waals surface area (Å²) >= 11 is 0. The lowest BCUT2D eigenvalue weighted by atomic mass is 10.1. The number of hydrogen-bond donors (Lipinski definition) is 0. The van der Waals surface area contributed by atoms with Crippen LogP contribution in [0.25, 0.3) is 0 Å². The Hall–Kier alpha value is -2.16. The number of benzene rings is 1. The Balaban J connectivity index is 2.10. The molecular formula is C15H16N2O. The van der Waals surface area contributed by atoms with Crippen molar-refractivity contribution < 1.29 is 4.79 Å². The van der Waals surface area contributed by atoms with Gasteiger partial charge in [0.2, 0.25) is 0 Å². The van der Waals surface area contributed by atoms with E-state index in [1.165, 1.54) is 0 Å². The Morgan fingerprint density at radius 2 is 1.83 bits per heavy atom. The first-order valence-electron chi connectivity index (χ1n) is 5.87. The average molecular weight is 240 g/mol. The van der Waals surface area contributed by atoms with Gasteiger partial charge in [0.1, 0.15) is 0 Å². The van der Waals surface area contributed by atoms with Crippen LogP contribution in [0.1, 0.15) is 16.1 Å². The number of anilines is 1. The van der Waals surface area contributed by atoms with Crippen molar-refractivity contribution in [1.82, 2.24) is 4.98 Å². The number of Topliss-reactive ketones (excluding diaryl/α,β-unsaturated/α-hetero) is 1. The van der Waals surface area contributed by atoms with E-state index in [1.54, 1.807) is 6.20 Å². The highest BCUT2D eigenvalue weighted by Crippen LogP contribution is 2.13. The highest BCUT2D eigenvalue weighted by Gasteiger charge is 2.07. The third-order valence-electron chi connectivity index (χ3n) is 2.77. The van der Waals surface area contributed by atoms with E-state index in [9.17, 15) is 4.79 Å². The van der Waals surface area contributed by atoms with Gasteiger partial charge in [0.15, 0.2) is 5.78 Å². The van der Waals surface area contributed by atoms with E-state index in [4.69, 9.17) is 0 Å². The Bertz CT molecular complexity index is 518. The minimum atomic E-state index is 0.0963. The van der Waals surface area contributed by atoms with Gasteiger partial charge < -0.3 is 4.90 Å². The monoisotopic (exact) mass is 240 g/mol. The second-order valence-corrected chi connectivity index (χ2v) is 4.36. The molecule has 0 amide bonds. The lowest BCUT2D eigenvalue weighted by Gasteiger charge is -2.12. The van der Waals surface area contributed by atoms with Crippen LogP contribution in [0, 0.1) is 0 Å². The minimum absolute atomic E-state index is 0.0963. The summed E-state index contributed by atoms with van der Waals surface area (Å²) < 4.78 is 0. The zero-order valence-corrected chi connectivity index (χ0v) is 10.6. The molecule has 2 aromatic rings. The third kappa shape index (κ3) is 2.94. The Morgan fingerprint density at radius 1 is 1.11 bits per heavy atom. The van der Waals surface area contributed by atoms with Crippen LogP contribution in [0.3, 0.4) is 0 Å². The smallest absolute Gasteiger partial charge is 0.168 e. The fourth-order valence-electron chi connectivity index (χ4n) is 1.71. The molecule has 0 saturated carbocycles. The molecular weight excluding hydrogens is 224 g/mol. The summed E-state index contributed by atoms with van der Waals surface area (Å²) in [5.74, 6) is 0.0963. The molecule has 2 rings (SSSR count). The Kier molecular flexibility index (Phi) is 3.72. The number of hydrogen-bond acceptors (Lipinski definition) is 3. The summed E-state index contributed by atoms with van der Waals surface area (Å²) in [6.45, 7) is 0. The summed E-state index contributed by atoms with van der Waals surface area (Å²) in [7, 11) is 3.95. The second-order valence-electron chi connectivity index (χ2n) is 4.36. The van der Waals surface area contributed by atoms with Crippen molar-refractivity contribution in [3.8, 4) is 0 Å². The maximum atomic E-state index is 12.0. The van der Waals surface area contributed by atoms with Crippen molar-refractivity contribution in [2.45, 2.75) is 6.42 Å². The van der Waals surface area contributed by atoms with E-state index in [-0.39, 0.29) is 5.78 Å². The minimum Gasteiger partial charge on any atom is -0.378 e. The summed E-state index contributed by atoms with van der Waals surface area (Å²) in [5, 5.41) is 0. The molecule has 0 aliphatic carbocycles. The molecule has 3 heteroatoms. The van der Waals surface area contributed by atoms with E-state index in [2.05, 4.69) is 4.98 Å². The van der Waals surface area contributed by atoms with E-state index in [1.807, 2.05) is 61.5 Å². The van der Waals surface area contributed by atoms with Gasteiger partial charge in [-0.3, -0.25) is 9.78 Å². The molecule has 0 bridgehead atoms. The number of carbonyl (C=O) groups excluding carboxylic acids is 1. The second kappa shape index (κ2) is 5.45. The zero-order valence-electron chi connectivity index (χ0n) is 10.6. The standard InChI is InChI=1S/C15H16N2O/c1-17(2)14-8-6-12(7-9-14)15(18)11-13-5-3-4-10-16-13/h3-10H,11H2,1-2H3. The lowest BCUT2D eigenvalue weighted by Crippen LogP contribution is -2.09. The first kappa shape index (κ1) is 12.3. The fourth-order valence-corrected chi connectivity index (χ4v) is 1.71. The first-order valence-corrected chi connectivity index (χ1v) is 5.87. The topological polar surface area (TPSA) is 33.2 Å². The van der Waals surface area contributed by atoms with E-state index in [0.29, 0.717) is 6.42 Å². The molecule has 0 radical (unpaired) electrons. The zero-order chi connectivity index (χ0) is 13.0. The quantitative estimate of drug-likeness (QED) is 0.770. The lowest BCUT2D eigenvalue weighted by molar-refractivity contribution is 0.0992. The average Bonchev–Trinajstić information content (AvgIpc) is 2.40. The highest BCUT2D eigenvalue weighted by atomic mass is 16.1. The predicted molar refractivity (Wildman–Crippen MR) is 73.0 cm³/mol. The van der Waals surface area contributed by atoms with Crippen LogP contribution in [0.4, 0.5) is 5.69 Å². The van der Waals surface area contributed by atoms with Crippen LogP contribution in [0.15, 0.2) is 48.7 Å². The van der Waals surface area contributed by atoms with Gasteiger partial charge in [0.05, 0.1) is 6.42 Å².